The summed E-state index contributed by atoms with van der Waals surface area (Å²) in [7, 11) is 0. The Balaban J connectivity index is 2.62. The van der Waals surface area contributed by atoms with Crippen LogP contribution in [0.4, 0.5) is 0 Å². The lowest BCUT2D eigenvalue weighted by molar-refractivity contribution is -0.301. The van der Waals surface area contributed by atoms with Gasteiger partial charge < -0.3 is 39.0 Å². The summed E-state index contributed by atoms with van der Waals surface area (Å²) >= 11 is 0. The molecule has 79 heavy (non-hydrogen) atoms. The number of hydrogen-bond acceptors (Lipinski definition) is 11. The summed E-state index contributed by atoms with van der Waals surface area (Å²) in [5.74, 6) is -3.08. The van der Waals surface area contributed by atoms with Crippen molar-refractivity contribution in [1.29, 1.82) is 0 Å². The predicted octanol–water partition coefficient (Wildman–Crippen LogP) is 18.0. The van der Waals surface area contributed by atoms with Gasteiger partial charge in [-0.1, -0.05) is 290 Å². The van der Waals surface area contributed by atoms with Gasteiger partial charge in [0.2, 0.25) is 0 Å². The van der Waals surface area contributed by atoms with E-state index in [2.05, 4.69) is 32.9 Å². The Labute approximate surface area is 484 Å². The number of aliphatic carboxylic acids is 1. The van der Waals surface area contributed by atoms with Gasteiger partial charge in [-0.15, -0.1) is 0 Å². The molecular formula is C67H124O12. The molecule has 6 unspecified atom stereocenters. The van der Waals surface area contributed by atoms with Crippen molar-refractivity contribution in [2.45, 2.75) is 379 Å². The van der Waals surface area contributed by atoms with E-state index in [1.807, 2.05) is 0 Å². The van der Waals surface area contributed by atoms with E-state index in [1.165, 1.54) is 205 Å². The van der Waals surface area contributed by atoms with Crippen LogP contribution in [0.1, 0.15) is 342 Å². The Bertz CT molecular complexity index is 1420. The Morgan fingerprint density at radius 1 is 0.405 bits per heavy atom. The van der Waals surface area contributed by atoms with Gasteiger partial charge in [-0.25, -0.2) is 4.79 Å². The lowest BCUT2D eigenvalue weighted by Gasteiger charge is -2.40. The minimum Gasteiger partial charge on any atom is -0.479 e. The van der Waals surface area contributed by atoms with Gasteiger partial charge in [-0.2, -0.15) is 0 Å². The molecule has 1 aliphatic heterocycles. The quantitative estimate of drug-likeness (QED) is 0.0228. The number of esters is 3. The summed E-state index contributed by atoms with van der Waals surface area (Å²) in [5, 5.41) is 31.6. The monoisotopic (exact) mass is 1120 g/mol. The second kappa shape index (κ2) is 56.0. The van der Waals surface area contributed by atoms with Crippen LogP contribution in [-0.4, -0.2) is 89.2 Å². The highest BCUT2D eigenvalue weighted by atomic mass is 16.7. The van der Waals surface area contributed by atoms with Gasteiger partial charge in [-0.3, -0.25) is 14.4 Å². The molecule has 0 aliphatic carbocycles. The standard InChI is InChI=1S/C67H124O12/c1-4-7-10-13-16-19-22-25-27-29-30-32-33-36-38-41-44-47-50-53-59(68)75-56-58(77-60(69)54-51-48-45-42-40-37-34-31-28-26-23-20-17-14-11-8-5-2)57-76-67-65(63(72)62(71)64(79-67)66(73)74)78-61(70)55-52-49-46-43-39-35-24-21-18-15-12-9-6-3/h21,24,58,62-65,67,71-72H,4-20,22-23,25-57H2,1-3H3,(H,73,74)/b24-21-. The number of carboxylic acids is 1. The zero-order valence-electron chi connectivity index (χ0n) is 51.4. The molecule has 6 atom stereocenters. The predicted molar refractivity (Wildman–Crippen MR) is 322 cm³/mol. The lowest BCUT2D eigenvalue weighted by atomic mass is 9.98. The highest BCUT2D eigenvalue weighted by molar-refractivity contribution is 5.74. The third-order valence-corrected chi connectivity index (χ3v) is 15.8. The number of carboxylic acid groups (broad SMARTS) is 1. The van der Waals surface area contributed by atoms with Crippen LogP contribution in [0, 0.1) is 0 Å². The van der Waals surface area contributed by atoms with E-state index < -0.39 is 67.3 Å². The summed E-state index contributed by atoms with van der Waals surface area (Å²) in [6.45, 7) is 6.05. The van der Waals surface area contributed by atoms with Crippen molar-refractivity contribution in [3.63, 3.8) is 0 Å². The van der Waals surface area contributed by atoms with Crippen molar-refractivity contribution in [2.24, 2.45) is 0 Å². The molecule has 0 radical (unpaired) electrons. The lowest BCUT2D eigenvalue weighted by Crippen LogP contribution is -2.61. The number of aliphatic hydroxyl groups is 2. The second-order valence-electron chi connectivity index (χ2n) is 23.5. The molecule has 3 N–H and O–H groups in total. The van der Waals surface area contributed by atoms with E-state index in [4.69, 9.17) is 23.7 Å². The van der Waals surface area contributed by atoms with Gasteiger partial charge in [0.15, 0.2) is 24.6 Å². The molecule has 1 fully saturated rings. The molecule has 1 heterocycles. The molecular weight excluding hydrogens is 997 g/mol. The third kappa shape index (κ3) is 45.6. The van der Waals surface area contributed by atoms with Crippen molar-refractivity contribution in [3.05, 3.63) is 12.2 Å². The number of carbonyl (C=O) groups excluding carboxylic acids is 3. The fourth-order valence-electron chi connectivity index (χ4n) is 10.7. The highest BCUT2D eigenvalue weighted by Gasteiger charge is 2.50. The average molecular weight is 1120 g/mol. The van der Waals surface area contributed by atoms with Crippen molar-refractivity contribution in [1.82, 2.24) is 0 Å². The molecule has 1 saturated heterocycles. The molecule has 12 nitrogen and oxygen atoms in total. The fourth-order valence-corrected chi connectivity index (χ4v) is 10.7. The number of allylic oxidation sites excluding steroid dienone is 2. The van der Waals surface area contributed by atoms with E-state index in [-0.39, 0.29) is 25.9 Å². The van der Waals surface area contributed by atoms with Crippen LogP contribution in [-0.2, 0) is 42.9 Å². The summed E-state index contributed by atoms with van der Waals surface area (Å²) < 4.78 is 28.6. The first-order valence-electron chi connectivity index (χ1n) is 33.7. The van der Waals surface area contributed by atoms with Crippen molar-refractivity contribution in [2.75, 3.05) is 13.2 Å². The van der Waals surface area contributed by atoms with Crippen LogP contribution in [0.25, 0.3) is 0 Å². The minimum atomic E-state index is -1.90. The molecule has 0 aromatic heterocycles. The number of rotatable bonds is 59. The molecule has 0 spiro atoms. The van der Waals surface area contributed by atoms with Crippen molar-refractivity contribution in [3.8, 4) is 0 Å². The molecule has 0 saturated carbocycles. The average Bonchev–Trinajstić information content (AvgIpc) is 3.46. The summed E-state index contributed by atoms with van der Waals surface area (Å²) in [6.07, 6.45) is 51.8. The summed E-state index contributed by atoms with van der Waals surface area (Å²) in [5.41, 5.74) is 0. The Kier molecular flexibility index (Phi) is 52.8. The van der Waals surface area contributed by atoms with Crippen LogP contribution in [0.2, 0.25) is 0 Å². The largest absolute Gasteiger partial charge is 0.479 e. The van der Waals surface area contributed by atoms with Gasteiger partial charge in [0.25, 0.3) is 0 Å². The van der Waals surface area contributed by atoms with Crippen LogP contribution in [0.5, 0.6) is 0 Å². The van der Waals surface area contributed by atoms with E-state index >= 15 is 0 Å². The fraction of sp³-hybridized carbons (Fsp3) is 0.910. The number of carbonyl (C=O) groups is 4. The van der Waals surface area contributed by atoms with Crippen LogP contribution < -0.4 is 0 Å². The molecule has 12 heteroatoms. The Morgan fingerprint density at radius 3 is 1.09 bits per heavy atom. The molecule has 1 aliphatic rings. The van der Waals surface area contributed by atoms with Gasteiger partial charge in [0.1, 0.15) is 18.8 Å². The number of ether oxygens (including phenoxy) is 5. The third-order valence-electron chi connectivity index (χ3n) is 15.8. The number of unbranched alkanes of at least 4 members (excludes halogenated alkanes) is 43. The first kappa shape index (κ1) is 74.5. The normalized spacial score (nSPS) is 17.8. The highest BCUT2D eigenvalue weighted by Crippen LogP contribution is 2.27. The number of aliphatic hydroxyl groups excluding tert-OH is 2. The Hall–Kier alpha value is -2.54. The van der Waals surface area contributed by atoms with Gasteiger partial charge in [0.05, 0.1) is 6.61 Å². The maximum Gasteiger partial charge on any atom is 0.335 e. The second-order valence-corrected chi connectivity index (χ2v) is 23.5. The van der Waals surface area contributed by atoms with Crippen molar-refractivity contribution < 1.29 is 58.2 Å². The zero-order chi connectivity index (χ0) is 57.5. The smallest absolute Gasteiger partial charge is 0.335 e. The molecule has 0 bridgehead atoms. The van der Waals surface area contributed by atoms with E-state index in [1.54, 1.807) is 0 Å². The maximum atomic E-state index is 13.2. The van der Waals surface area contributed by atoms with Crippen LogP contribution >= 0.6 is 0 Å². The topological polar surface area (TPSA) is 175 Å². The van der Waals surface area contributed by atoms with Gasteiger partial charge in [-0.05, 0) is 44.9 Å². The number of hydrogen-bond donors (Lipinski definition) is 3. The summed E-state index contributed by atoms with van der Waals surface area (Å²) in [6, 6.07) is 0. The SMILES string of the molecule is CCCCCC/C=C\CCCCCCCC(=O)OC1C(OCC(COC(=O)CCCCCCCCCCCCCCCCCCCCC)OC(=O)CCCCCCCCCCCCCCCCCCC)OC(C(=O)O)C(O)C1O. The first-order chi connectivity index (χ1) is 38.6. The molecule has 0 amide bonds. The molecule has 0 aromatic rings. The van der Waals surface area contributed by atoms with E-state index in [0.717, 1.165) is 77.0 Å². The van der Waals surface area contributed by atoms with Gasteiger partial charge >= 0.3 is 23.9 Å². The minimum absolute atomic E-state index is 0.0567. The van der Waals surface area contributed by atoms with Crippen LogP contribution in [0.3, 0.4) is 0 Å². The maximum absolute atomic E-state index is 13.2. The van der Waals surface area contributed by atoms with Gasteiger partial charge in [0, 0.05) is 19.3 Å². The Morgan fingerprint density at radius 2 is 0.722 bits per heavy atom. The van der Waals surface area contributed by atoms with Crippen LogP contribution in [0.15, 0.2) is 12.2 Å². The van der Waals surface area contributed by atoms with E-state index in [0.29, 0.717) is 19.3 Å². The molecule has 464 valence electrons. The van der Waals surface area contributed by atoms with E-state index in [9.17, 15) is 34.5 Å². The first-order valence-corrected chi connectivity index (χ1v) is 33.7. The molecule has 1 rings (SSSR count). The van der Waals surface area contributed by atoms with Crippen molar-refractivity contribution >= 4 is 23.9 Å². The molecule has 0 aromatic carbocycles. The zero-order valence-corrected chi connectivity index (χ0v) is 51.4. The summed E-state index contributed by atoms with van der Waals surface area (Å²) in [4.78, 5) is 51.3.